The van der Waals surface area contributed by atoms with Gasteiger partial charge in [-0.1, -0.05) is 56.0 Å². The molecule has 8 nitrogen and oxygen atoms in total. The Bertz CT molecular complexity index is 1270. The van der Waals surface area contributed by atoms with Crippen molar-refractivity contribution < 1.29 is 13.9 Å². The second kappa shape index (κ2) is 21.2. The highest BCUT2D eigenvalue weighted by molar-refractivity contribution is 5.73. The predicted octanol–water partition coefficient (Wildman–Crippen LogP) is 6.86. The molecule has 0 radical (unpaired) electrons. The monoisotopic (exact) mass is 646 g/mol. The van der Waals surface area contributed by atoms with E-state index in [1.165, 1.54) is 62.9 Å². The van der Waals surface area contributed by atoms with Crippen LogP contribution in [0.15, 0.2) is 72.9 Å². The van der Waals surface area contributed by atoms with Crippen molar-refractivity contribution in [1.82, 2.24) is 25.4 Å². The topological polar surface area (TPSA) is 73.0 Å². The number of likely N-dealkylation sites (tertiary alicyclic amines) is 1. The van der Waals surface area contributed by atoms with Gasteiger partial charge in [-0.2, -0.15) is 0 Å². The number of likely N-dealkylation sites (N-methyl/N-ethyl adjacent to an activating group) is 1. The Hall–Kier alpha value is -3.69. The number of benzene rings is 2. The summed E-state index contributed by atoms with van der Waals surface area (Å²) in [6, 6.07) is 20.9. The van der Waals surface area contributed by atoms with Crippen LogP contribution >= 0.6 is 0 Å². The van der Waals surface area contributed by atoms with Crippen molar-refractivity contribution >= 4 is 11.8 Å². The minimum atomic E-state index is -0.215. The lowest BCUT2D eigenvalue weighted by molar-refractivity contribution is 0.220. The molecule has 2 amide bonds. The average Bonchev–Trinajstić information content (AvgIpc) is 3.09. The van der Waals surface area contributed by atoms with Gasteiger partial charge < -0.3 is 25.2 Å². The van der Waals surface area contributed by atoms with Crippen LogP contribution < -0.4 is 20.3 Å². The largest absolute Gasteiger partial charge is 0.494 e. The fourth-order valence-electron chi connectivity index (χ4n) is 5.90. The van der Waals surface area contributed by atoms with E-state index in [1.807, 2.05) is 42.6 Å². The number of hydrogen-bond donors (Lipinski definition) is 2. The standard InChI is InChI=1S/C38H55FN6O2/c1-43(27-28-45(37-16-6-8-21-40-37)32-33-17-19-35(39)20-18-33)24-9-4-2-3-7-22-41-38(46)42-23-13-29-47-36-15-12-14-34(30-36)31-44-25-10-5-11-26-44/h6,8,12,14-21,30H,2-5,7,9-11,13,22-29,31-32H2,1H3,(H2,41,42,46). The van der Waals surface area contributed by atoms with Gasteiger partial charge in [-0.05, 0) is 106 Å². The Kier molecular flexibility index (Phi) is 16.3. The molecule has 2 N–H and O–H groups in total. The molecule has 0 spiro atoms. The van der Waals surface area contributed by atoms with Crippen molar-refractivity contribution in [2.45, 2.75) is 70.9 Å². The first-order chi connectivity index (χ1) is 23.0. The van der Waals surface area contributed by atoms with Crippen LogP contribution in [0.1, 0.15) is 68.9 Å². The molecule has 2 aromatic carbocycles. The maximum Gasteiger partial charge on any atom is 0.314 e. The number of halogens is 1. The summed E-state index contributed by atoms with van der Waals surface area (Å²) in [7, 11) is 2.16. The van der Waals surface area contributed by atoms with Crippen molar-refractivity contribution in [1.29, 1.82) is 0 Å². The maximum absolute atomic E-state index is 13.4. The quantitative estimate of drug-likeness (QED) is 0.123. The molecule has 1 aliphatic heterocycles. The number of aromatic nitrogens is 1. The van der Waals surface area contributed by atoms with Gasteiger partial charge in [-0.3, -0.25) is 4.90 Å². The number of amides is 2. The van der Waals surface area contributed by atoms with Crippen LogP contribution in [0.2, 0.25) is 0 Å². The fourth-order valence-corrected chi connectivity index (χ4v) is 5.90. The highest BCUT2D eigenvalue weighted by Crippen LogP contribution is 2.18. The zero-order chi connectivity index (χ0) is 32.9. The molecule has 2 heterocycles. The van der Waals surface area contributed by atoms with Crippen LogP contribution in [0.4, 0.5) is 15.0 Å². The van der Waals surface area contributed by atoms with Crippen LogP contribution in [0.25, 0.3) is 0 Å². The van der Waals surface area contributed by atoms with Gasteiger partial charge >= 0.3 is 6.03 Å². The van der Waals surface area contributed by atoms with E-state index in [4.69, 9.17) is 4.74 Å². The average molecular weight is 647 g/mol. The van der Waals surface area contributed by atoms with E-state index in [0.717, 1.165) is 69.0 Å². The Morgan fingerprint density at radius 2 is 1.60 bits per heavy atom. The van der Waals surface area contributed by atoms with Gasteiger partial charge in [0.05, 0.1) is 6.61 Å². The number of rotatable bonds is 21. The van der Waals surface area contributed by atoms with Crippen LogP contribution in [-0.2, 0) is 13.1 Å². The molecule has 0 unspecified atom stereocenters. The van der Waals surface area contributed by atoms with Crippen molar-refractivity contribution in [3.05, 3.63) is 89.9 Å². The lowest BCUT2D eigenvalue weighted by Gasteiger charge is -2.27. The minimum absolute atomic E-state index is 0.102. The van der Waals surface area contributed by atoms with Crippen molar-refractivity contribution in [2.24, 2.45) is 0 Å². The molecule has 1 aromatic heterocycles. The highest BCUT2D eigenvalue weighted by atomic mass is 19.1. The highest BCUT2D eigenvalue weighted by Gasteiger charge is 2.12. The lowest BCUT2D eigenvalue weighted by Crippen LogP contribution is -2.36. The molecule has 256 valence electrons. The van der Waals surface area contributed by atoms with E-state index >= 15 is 0 Å². The summed E-state index contributed by atoms with van der Waals surface area (Å²) in [5, 5.41) is 5.91. The van der Waals surface area contributed by atoms with E-state index in [2.05, 4.69) is 55.6 Å². The van der Waals surface area contributed by atoms with Crippen LogP contribution in [0, 0.1) is 5.82 Å². The summed E-state index contributed by atoms with van der Waals surface area (Å²) in [6.45, 7) is 8.75. The molecule has 1 saturated heterocycles. The maximum atomic E-state index is 13.4. The second-order valence-corrected chi connectivity index (χ2v) is 12.7. The first-order valence-electron chi connectivity index (χ1n) is 17.6. The summed E-state index contributed by atoms with van der Waals surface area (Å²) in [4.78, 5) is 23.8. The number of piperidine rings is 1. The van der Waals surface area contributed by atoms with Gasteiger partial charge in [-0.25, -0.2) is 14.2 Å². The molecule has 1 fully saturated rings. The van der Waals surface area contributed by atoms with Gasteiger partial charge in [0, 0.05) is 45.5 Å². The molecule has 4 rings (SSSR count). The van der Waals surface area contributed by atoms with Gasteiger partial charge in [0.1, 0.15) is 17.4 Å². The summed E-state index contributed by atoms with van der Waals surface area (Å²) in [6.07, 6.45) is 12.1. The Morgan fingerprint density at radius 1 is 0.830 bits per heavy atom. The van der Waals surface area contributed by atoms with Crippen LogP contribution in [-0.4, -0.2) is 80.3 Å². The van der Waals surface area contributed by atoms with Gasteiger partial charge in [-0.15, -0.1) is 0 Å². The molecular weight excluding hydrogens is 591 g/mol. The molecular formula is C38H55FN6O2. The van der Waals surface area contributed by atoms with Crippen molar-refractivity contribution in [3.8, 4) is 5.75 Å². The molecule has 47 heavy (non-hydrogen) atoms. The molecule has 0 saturated carbocycles. The Labute approximate surface area is 281 Å². The zero-order valence-electron chi connectivity index (χ0n) is 28.3. The third-order valence-electron chi connectivity index (χ3n) is 8.64. The normalized spacial score (nSPS) is 13.4. The number of carbonyl (C=O) groups is 1. The Balaban J connectivity index is 0.977. The van der Waals surface area contributed by atoms with E-state index in [1.54, 1.807) is 0 Å². The number of carbonyl (C=O) groups excluding carboxylic acids is 1. The van der Waals surface area contributed by atoms with Gasteiger partial charge in [0.25, 0.3) is 0 Å². The third-order valence-corrected chi connectivity index (χ3v) is 8.64. The molecule has 0 aliphatic carbocycles. The third kappa shape index (κ3) is 14.7. The summed E-state index contributed by atoms with van der Waals surface area (Å²) >= 11 is 0. The van der Waals surface area contributed by atoms with Crippen molar-refractivity contribution in [3.63, 3.8) is 0 Å². The second-order valence-electron chi connectivity index (χ2n) is 12.7. The van der Waals surface area contributed by atoms with Crippen LogP contribution in [0.5, 0.6) is 5.75 Å². The molecule has 0 bridgehead atoms. The van der Waals surface area contributed by atoms with Crippen LogP contribution in [0.3, 0.4) is 0 Å². The summed E-state index contributed by atoms with van der Waals surface area (Å²) < 4.78 is 19.3. The van der Waals surface area contributed by atoms with E-state index < -0.39 is 0 Å². The van der Waals surface area contributed by atoms with E-state index in [-0.39, 0.29) is 11.8 Å². The Morgan fingerprint density at radius 3 is 2.38 bits per heavy atom. The first kappa shape index (κ1) is 36.2. The molecule has 9 heteroatoms. The fraction of sp³-hybridized carbons (Fsp3) is 0.526. The molecule has 0 atom stereocenters. The smallest absolute Gasteiger partial charge is 0.314 e. The summed E-state index contributed by atoms with van der Waals surface area (Å²) in [5.74, 6) is 1.62. The van der Waals surface area contributed by atoms with Gasteiger partial charge in [0.15, 0.2) is 0 Å². The zero-order valence-corrected chi connectivity index (χ0v) is 28.3. The number of anilines is 1. The number of nitrogens with one attached hydrogen (secondary N) is 2. The van der Waals surface area contributed by atoms with Crippen molar-refractivity contribution in [2.75, 3.05) is 64.4 Å². The number of unbranched alkanes of at least 4 members (excludes halogenated alkanes) is 4. The lowest BCUT2D eigenvalue weighted by atomic mass is 10.1. The number of pyridine rings is 1. The van der Waals surface area contributed by atoms with Gasteiger partial charge in [0.2, 0.25) is 0 Å². The minimum Gasteiger partial charge on any atom is -0.494 e. The first-order valence-corrected chi connectivity index (χ1v) is 17.6. The van der Waals surface area contributed by atoms with E-state index in [0.29, 0.717) is 26.2 Å². The summed E-state index contributed by atoms with van der Waals surface area (Å²) in [5.41, 5.74) is 2.37. The number of hydrogen-bond acceptors (Lipinski definition) is 6. The SMILES string of the molecule is CN(CCCCCCCNC(=O)NCCCOc1cccc(CN2CCCCC2)c1)CCN(Cc1ccc(F)cc1)c1ccccn1. The molecule has 1 aliphatic rings. The number of urea groups is 1. The van der Waals surface area contributed by atoms with E-state index in [9.17, 15) is 9.18 Å². The predicted molar refractivity (Wildman–Crippen MR) is 189 cm³/mol. The molecule has 3 aromatic rings. The number of nitrogens with zero attached hydrogens (tertiary/aromatic N) is 4. The number of ether oxygens (including phenoxy) is 1.